The van der Waals surface area contributed by atoms with Crippen molar-refractivity contribution in [2.75, 3.05) is 17.0 Å². The molecule has 0 saturated carbocycles. The quantitative estimate of drug-likeness (QED) is 0.401. The maximum atomic E-state index is 13.1. The van der Waals surface area contributed by atoms with Gasteiger partial charge in [0.05, 0.1) is 10.6 Å². The fourth-order valence-corrected chi connectivity index (χ4v) is 5.50. The zero-order chi connectivity index (χ0) is 24.0. The van der Waals surface area contributed by atoms with Gasteiger partial charge in [-0.3, -0.25) is 9.52 Å². The Kier molecular flexibility index (Phi) is 8.21. The molecule has 174 valence electrons. The molecule has 0 heterocycles. The summed E-state index contributed by atoms with van der Waals surface area (Å²) in [5.74, 6) is 1.37. The normalized spacial score (nSPS) is 11.3. The Hall–Kier alpha value is -2.77. The van der Waals surface area contributed by atoms with Crippen molar-refractivity contribution in [3.63, 3.8) is 0 Å². The molecule has 33 heavy (non-hydrogen) atoms. The number of benzene rings is 3. The number of sulfonamides is 1. The topological polar surface area (TPSA) is 75.3 Å². The molecular weight excluding hydrogens is 452 g/mol. The van der Waals surface area contributed by atoms with E-state index in [4.69, 9.17) is 0 Å². The van der Waals surface area contributed by atoms with Crippen LogP contribution >= 0.6 is 11.8 Å². The molecule has 5 nitrogen and oxygen atoms in total. The number of carbonyl (C=O) groups is 1. The van der Waals surface area contributed by atoms with Gasteiger partial charge >= 0.3 is 0 Å². The van der Waals surface area contributed by atoms with Gasteiger partial charge in [-0.1, -0.05) is 48.0 Å². The summed E-state index contributed by atoms with van der Waals surface area (Å²) < 4.78 is 28.8. The van der Waals surface area contributed by atoms with Gasteiger partial charge in [-0.15, -0.1) is 0 Å². The van der Waals surface area contributed by atoms with E-state index in [9.17, 15) is 13.2 Å². The number of hydrogen-bond acceptors (Lipinski definition) is 4. The van der Waals surface area contributed by atoms with Crippen molar-refractivity contribution < 1.29 is 13.2 Å². The van der Waals surface area contributed by atoms with E-state index in [0.717, 1.165) is 22.6 Å². The van der Waals surface area contributed by atoms with Gasteiger partial charge in [-0.05, 0) is 68.1 Å². The molecule has 0 aromatic heterocycles. The number of rotatable bonds is 9. The number of hydrogen-bond donors (Lipinski definition) is 2. The van der Waals surface area contributed by atoms with Crippen LogP contribution in [0, 0.1) is 27.7 Å². The van der Waals surface area contributed by atoms with Crippen LogP contribution in [0.3, 0.4) is 0 Å². The highest BCUT2D eigenvalue weighted by atomic mass is 32.2. The van der Waals surface area contributed by atoms with Gasteiger partial charge in [0, 0.05) is 23.6 Å². The molecule has 0 bridgehead atoms. The number of amides is 1. The van der Waals surface area contributed by atoms with Crippen LogP contribution in [-0.4, -0.2) is 26.6 Å². The molecule has 0 aliphatic heterocycles. The largest absolute Gasteiger partial charge is 0.351 e. The monoisotopic (exact) mass is 482 g/mol. The first kappa shape index (κ1) is 24.9. The minimum Gasteiger partial charge on any atom is -0.351 e. The van der Waals surface area contributed by atoms with Crippen molar-refractivity contribution in [3.8, 4) is 0 Å². The molecule has 0 unspecified atom stereocenters. The van der Waals surface area contributed by atoms with Gasteiger partial charge in [0.1, 0.15) is 0 Å². The Morgan fingerprint density at radius 1 is 0.848 bits per heavy atom. The molecular formula is C26H30N2O3S2. The molecule has 3 rings (SSSR count). The molecule has 0 aliphatic carbocycles. The summed E-state index contributed by atoms with van der Waals surface area (Å²) in [6, 6.07) is 18.8. The predicted octanol–water partition coefficient (Wildman–Crippen LogP) is 5.38. The van der Waals surface area contributed by atoms with E-state index in [0.29, 0.717) is 23.4 Å². The molecule has 0 atom stereocenters. The molecule has 3 aromatic carbocycles. The summed E-state index contributed by atoms with van der Waals surface area (Å²) in [4.78, 5) is 12.7. The molecule has 0 spiro atoms. The Balaban J connectivity index is 1.61. The molecule has 3 aromatic rings. The van der Waals surface area contributed by atoms with Gasteiger partial charge in [0.2, 0.25) is 0 Å². The second kappa shape index (κ2) is 10.9. The molecule has 2 N–H and O–H groups in total. The fourth-order valence-electron chi connectivity index (χ4n) is 3.29. The smallest absolute Gasteiger partial charge is 0.262 e. The Morgan fingerprint density at radius 3 is 2.24 bits per heavy atom. The Morgan fingerprint density at radius 2 is 1.52 bits per heavy atom. The van der Waals surface area contributed by atoms with E-state index in [-0.39, 0.29) is 10.8 Å². The summed E-state index contributed by atoms with van der Waals surface area (Å²) in [6.07, 6.45) is 0. The van der Waals surface area contributed by atoms with E-state index >= 15 is 0 Å². The molecule has 0 fully saturated rings. The third kappa shape index (κ3) is 6.85. The lowest BCUT2D eigenvalue weighted by molar-refractivity contribution is 0.0956. The number of anilines is 1. The lowest BCUT2D eigenvalue weighted by Crippen LogP contribution is -2.26. The maximum Gasteiger partial charge on any atom is 0.262 e. The first-order chi connectivity index (χ1) is 15.7. The Labute approximate surface area is 201 Å². The minimum absolute atomic E-state index is 0.102. The molecule has 7 heteroatoms. The van der Waals surface area contributed by atoms with E-state index in [1.54, 1.807) is 36.9 Å². The van der Waals surface area contributed by atoms with Crippen molar-refractivity contribution in [1.82, 2.24) is 5.32 Å². The van der Waals surface area contributed by atoms with Crippen molar-refractivity contribution in [3.05, 3.63) is 94.0 Å². The average Bonchev–Trinajstić information content (AvgIpc) is 2.77. The second-order valence-corrected chi connectivity index (χ2v) is 11.0. The van der Waals surface area contributed by atoms with E-state index in [1.807, 2.05) is 26.0 Å². The van der Waals surface area contributed by atoms with E-state index in [2.05, 4.69) is 41.2 Å². The third-order valence-corrected chi connectivity index (χ3v) is 7.84. The zero-order valence-electron chi connectivity index (χ0n) is 19.4. The molecule has 0 saturated heterocycles. The van der Waals surface area contributed by atoms with Crippen LogP contribution < -0.4 is 10.0 Å². The number of carbonyl (C=O) groups excluding carboxylic acids is 1. The summed E-state index contributed by atoms with van der Waals surface area (Å²) in [5.41, 5.74) is 5.72. The lowest BCUT2D eigenvalue weighted by atomic mass is 10.1. The maximum absolute atomic E-state index is 13.1. The lowest BCUT2D eigenvalue weighted by Gasteiger charge is -2.14. The summed E-state index contributed by atoms with van der Waals surface area (Å²) in [7, 11) is -3.84. The minimum atomic E-state index is -3.84. The van der Waals surface area contributed by atoms with Crippen molar-refractivity contribution >= 4 is 33.4 Å². The van der Waals surface area contributed by atoms with Gasteiger partial charge in [-0.25, -0.2) is 8.42 Å². The molecule has 0 radical (unpaired) electrons. The standard InChI is InChI=1S/C26H30N2O3S2/c1-18-6-10-22(11-7-18)17-32-14-13-27-26(29)23-12-9-21(4)25(16-23)33(30,31)28-24-15-19(2)5-8-20(24)3/h5-12,15-16,28H,13-14,17H2,1-4H3,(H,27,29). The fraction of sp³-hybridized carbons (Fsp3) is 0.269. The highest BCUT2D eigenvalue weighted by Gasteiger charge is 2.20. The van der Waals surface area contributed by atoms with Crippen LogP contribution in [-0.2, 0) is 15.8 Å². The second-order valence-electron chi connectivity index (χ2n) is 8.20. The van der Waals surface area contributed by atoms with Crippen LogP contribution in [0.25, 0.3) is 0 Å². The predicted molar refractivity (Wildman–Crippen MR) is 138 cm³/mol. The summed E-state index contributed by atoms with van der Waals surface area (Å²) in [5, 5.41) is 2.88. The molecule has 1 amide bonds. The van der Waals surface area contributed by atoms with Gasteiger partial charge in [0.15, 0.2) is 0 Å². The van der Waals surface area contributed by atoms with Crippen LogP contribution in [0.4, 0.5) is 5.69 Å². The molecule has 0 aliphatic rings. The number of nitrogens with one attached hydrogen (secondary N) is 2. The third-order valence-electron chi connectivity index (χ3n) is 5.30. The van der Waals surface area contributed by atoms with Crippen LogP contribution in [0.15, 0.2) is 65.6 Å². The van der Waals surface area contributed by atoms with Crippen molar-refractivity contribution in [2.24, 2.45) is 0 Å². The van der Waals surface area contributed by atoms with Gasteiger partial charge in [-0.2, -0.15) is 11.8 Å². The zero-order valence-corrected chi connectivity index (χ0v) is 21.1. The summed E-state index contributed by atoms with van der Waals surface area (Å²) in [6.45, 7) is 8.05. The van der Waals surface area contributed by atoms with E-state index < -0.39 is 10.0 Å². The van der Waals surface area contributed by atoms with Crippen LogP contribution in [0.1, 0.15) is 38.2 Å². The van der Waals surface area contributed by atoms with Crippen molar-refractivity contribution in [2.45, 2.75) is 38.3 Å². The number of aryl methyl sites for hydroxylation is 4. The highest BCUT2D eigenvalue weighted by molar-refractivity contribution is 7.98. The summed E-state index contributed by atoms with van der Waals surface area (Å²) >= 11 is 1.74. The van der Waals surface area contributed by atoms with Crippen LogP contribution in [0.2, 0.25) is 0 Å². The van der Waals surface area contributed by atoms with E-state index in [1.165, 1.54) is 17.2 Å². The highest BCUT2D eigenvalue weighted by Crippen LogP contribution is 2.24. The number of thioether (sulfide) groups is 1. The first-order valence-corrected chi connectivity index (χ1v) is 13.4. The SMILES string of the molecule is Cc1ccc(CSCCNC(=O)c2ccc(C)c(S(=O)(=O)Nc3cc(C)ccc3C)c2)cc1. The average molecular weight is 483 g/mol. The first-order valence-electron chi connectivity index (χ1n) is 10.8. The van der Waals surface area contributed by atoms with Crippen LogP contribution in [0.5, 0.6) is 0 Å². The van der Waals surface area contributed by atoms with Gasteiger partial charge < -0.3 is 5.32 Å². The van der Waals surface area contributed by atoms with Gasteiger partial charge in [0.25, 0.3) is 15.9 Å². The Bertz CT molecular complexity index is 1240. The van der Waals surface area contributed by atoms with Crippen molar-refractivity contribution in [1.29, 1.82) is 0 Å².